The molecule has 0 fully saturated rings. The van der Waals surface area contributed by atoms with Crippen LogP contribution in [0, 0.1) is 0 Å². The third-order valence-electron chi connectivity index (χ3n) is 0.491. The number of Topliss-reactive ketones (excluding diaryl/α,β-unsaturated/α-hetero) is 1. The van der Waals surface area contributed by atoms with Crippen LogP contribution < -0.4 is 5.48 Å². The number of carbonyl (C=O) groups excluding carboxylic acids is 2. The summed E-state index contributed by atoms with van der Waals surface area (Å²) in [4.78, 5) is 24.6. The molecule has 54 valence electrons. The van der Waals surface area contributed by atoms with Gasteiger partial charge in [-0.25, -0.2) is 5.48 Å². The van der Waals surface area contributed by atoms with Gasteiger partial charge < -0.3 is 0 Å². The standard InChI is InChI=1S/C5H9NO3.H2/c1-4(7)3-9-6-5(2)8;/h3H2,1-2H3,(H,6,8);1H. The van der Waals surface area contributed by atoms with Crippen molar-refractivity contribution in [1.29, 1.82) is 0 Å². The lowest BCUT2D eigenvalue weighted by molar-refractivity contribution is -0.135. The highest BCUT2D eigenvalue weighted by Crippen LogP contribution is 1.69. The lowest BCUT2D eigenvalue weighted by Crippen LogP contribution is -2.23. The minimum Gasteiger partial charge on any atom is -0.297 e. The van der Waals surface area contributed by atoms with Crippen LogP contribution in [0.5, 0.6) is 0 Å². The van der Waals surface area contributed by atoms with Crippen LogP contribution in [0.25, 0.3) is 0 Å². The molecule has 0 heterocycles. The lowest BCUT2D eigenvalue weighted by Gasteiger charge is -1.97. The summed E-state index contributed by atoms with van der Waals surface area (Å²) < 4.78 is 0. The number of nitrogens with one attached hydrogen (secondary N) is 1. The SMILES string of the molecule is CC(=O)CONC(C)=O.[HH]. The minimum absolute atomic E-state index is 0. The molecule has 0 aromatic carbocycles. The molecule has 0 aliphatic rings. The van der Waals surface area contributed by atoms with Gasteiger partial charge in [0.25, 0.3) is 0 Å². The predicted octanol–water partition coefficient (Wildman–Crippen LogP) is -0.111. The van der Waals surface area contributed by atoms with Crippen molar-refractivity contribution in [2.24, 2.45) is 0 Å². The van der Waals surface area contributed by atoms with Crippen molar-refractivity contribution >= 4 is 11.7 Å². The minimum atomic E-state index is -0.309. The van der Waals surface area contributed by atoms with Gasteiger partial charge in [-0.05, 0) is 6.92 Å². The van der Waals surface area contributed by atoms with E-state index in [2.05, 4.69) is 4.84 Å². The average Bonchev–Trinajstić information content (AvgIpc) is 1.63. The molecular formula is C5H11NO3. The summed E-state index contributed by atoms with van der Waals surface area (Å²) in [5.74, 6) is -0.431. The van der Waals surface area contributed by atoms with Crippen LogP contribution in [-0.4, -0.2) is 18.3 Å². The van der Waals surface area contributed by atoms with Crippen molar-refractivity contribution in [3.05, 3.63) is 0 Å². The maximum Gasteiger partial charge on any atom is 0.240 e. The van der Waals surface area contributed by atoms with Gasteiger partial charge in [0.15, 0.2) is 5.78 Å². The molecule has 0 atom stereocenters. The smallest absolute Gasteiger partial charge is 0.240 e. The summed E-state index contributed by atoms with van der Waals surface area (Å²) in [7, 11) is 0. The monoisotopic (exact) mass is 133 g/mol. The first kappa shape index (κ1) is 8.10. The van der Waals surface area contributed by atoms with Crippen LogP contribution in [0.4, 0.5) is 0 Å². The second kappa shape index (κ2) is 4.03. The molecule has 0 aromatic heterocycles. The van der Waals surface area contributed by atoms with Crippen LogP contribution in [0.15, 0.2) is 0 Å². The molecule has 4 heteroatoms. The van der Waals surface area contributed by atoms with E-state index in [4.69, 9.17) is 0 Å². The highest BCUT2D eigenvalue weighted by Gasteiger charge is 1.92. The van der Waals surface area contributed by atoms with E-state index in [9.17, 15) is 9.59 Å². The number of rotatable bonds is 3. The van der Waals surface area contributed by atoms with Gasteiger partial charge in [-0.15, -0.1) is 0 Å². The van der Waals surface area contributed by atoms with E-state index < -0.39 is 0 Å². The van der Waals surface area contributed by atoms with Crippen molar-refractivity contribution in [2.75, 3.05) is 6.61 Å². The number of hydrogen-bond donors (Lipinski definition) is 1. The normalized spacial score (nSPS) is 8.67. The quantitative estimate of drug-likeness (QED) is 0.546. The van der Waals surface area contributed by atoms with E-state index >= 15 is 0 Å². The Morgan fingerprint density at radius 3 is 2.44 bits per heavy atom. The Hall–Kier alpha value is -0.900. The molecule has 0 bridgehead atoms. The summed E-state index contributed by atoms with van der Waals surface area (Å²) in [6, 6.07) is 0. The molecule has 0 spiro atoms. The van der Waals surface area contributed by atoms with E-state index in [1.54, 1.807) is 0 Å². The first-order valence-electron chi connectivity index (χ1n) is 2.50. The van der Waals surface area contributed by atoms with E-state index in [0.717, 1.165) is 0 Å². The predicted molar refractivity (Wildman–Crippen MR) is 32.6 cm³/mol. The third-order valence-corrected chi connectivity index (χ3v) is 0.491. The second-order valence-electron chi connectivity index (χ2n) is 1.65. The van der Waals surface area contributed by atoms with Crippen molar-refractivity contribution in [1.82, 2.24) is 5.48 Å². The van der Waals surface area contributed by atoms with Crippen LogP contribution in [-0.2, 0) is 14.4 Å². The van der Waals surface area contributed by atoms with Crippen molar-refractivity contribution in [2.45, 2.75) is 13.8 Å². The molecule has 0 unspecified atom stereocenters. The number of amides is 1. The fraction of sp³-hybridized carbons (Fsp3) is 0.600. The van der Waals surface area contributed by atoms with E-state index in [-0.39, 0.29) is 19.7 Å². The number of hydroxylamine groups is 1. The van der Waals surface area contributed by atoms with Gasteiger partial charge in [0.1, 0.15) is 6.61 Å². The van der Waals surface area contributed by atoms with Crippen LogP contribution >= 0.6 is 0 Å². The Kier molecular flexibility index (Phi) is 3.62. The molecular weight excluding hydrogens is 122 g/mol. The molecule has 0 aromatic rings. The van der Waals surface area contributed by atoms with Gasteiger partial charge in [0, 0.05) is 8.35 Å². The first-order valence-corrected chi connectivity index (χ1v) is 2.50. The van der Waals surface area contributed by atoms with Gasteiger partial charge in [-0.1, -0.05) is 0 Å². The Balaban J connectivity index is 0. The zero-order valence-electron chi connectivity index (χ0n) is 5.43. The van der Waals surface area contributed by atoms with Gasteiger partial charge in [-0.2, -0.15) is 0 Å². The molecule has 0 saturated heterocycles. The third kappa shape index (κ3) is 7.10. The summed E-state index contributed by atoms with van der Waals surface area (Å²) in [5.41, 5.74) is 2.02. The fourth-order valence-corrected chi connectivity index (χ4v) is 0.239. The lowest BCUT2D eigenvalue weighted by atomic mass is 10.5. The van der Waals surface area contributed by atoms with E-state index in [1.165, 1.54) is 13.8 Å². The van der Waals surface area contributed by atoms with Gasteiger partial charge in [-0.3, -0.25) is 14.4 Å². The molecule has 4 nitrogen and oxygen atoms in total. The topological polar surface area (TPSA) is 55.4 Å². The number of ketones is 1. The zero-order valence-corrected chi connectivity index (χ0v) is 5.43. The number of carbonyl (C=O) groups is 2. The van der Waals surface area contributed by atoms with Gasteiger partial charge in [0.05, 0.1) is 0 Å². The Labute approximate surface area is 54.6 Å². The molecule has 0 aliphatic heterocycles. The Morgan fingerprint density at radius 1 is 1.56 bits per heavy atom. The molecule has 1 N–H and O–H groups in total. The van der Waals surface area contributed by atoms with E-state index in [0.29, 0.717) is 0 Å². The van der Waals surface area contributed by atoms with Crippen molar-refractivity contribution < 1.29 is 15.9 Å². The fourth-order valence-electron chi connectivity index (χ4n) is 0.239. The molecule has 1 amide bonds. The zero-order chi connectivity index (χ0) is 7.28. The van der Waals surface area contributed by atoms with Crippen molar-refractivity contribution in [3.63, 3.8) is 0 Å². The summed E-state index contributed by atoms with van der Waals surface area (Å²) in [6.07, 6.45) is 0. The van der Waals surface area contributed by atoms with Crippen LogP contribution in [0.1, 0.15) is 15.3 Å². The Morgan fingerprint density at radius 2 is 2.11 bits per heavy atom. The van der Waals surface area contributed by atoms with Gasteiger partial charge in [0.2, 0.25) is 5.91 Å². The van der Waals surface area contributed by atoms with E-state index in [1.807, 2.05) is 5.48 Å². The second-order valence-corrected chi connectivity index (χ2v) is 1.65. The summed E-state index contributed by atoms with van der Waals surface area (Å²) >= 11 is 0. The maximum atomic E-state index is 10.1. The highest BCUT2D eigenvalue weighted by atomic mass is 16.7. The maximum absolute atomic E-state index is 10.1. The van der Waals surface area contributed by atoms with Crippen LogP contribution in [0.3, 0.4) is 0 Å². The first-order chi connectivity index (χ1) is 4.13. The molecule has 0 aliphatic carbocycles. The molecule has 9 heavy (non-hydrogen) atoms. The summed E-state index contributed by atoms with van der Waals surface area (Å²) in [6.45, 7) is 2.61. The molecule has 0 rings (SSSR count). The average molecular weight is 133 g/mol. The van der Waals surface area contributed by atoms with Crippen molar-refractivity contribution in [3.8, 4) is 0 Å². The number of hydrogen-bond acceptors (Lipinski definition) is 3. The largest absolute Gasteiger partial charge is 0.297 e. The van der Waals surface area contributed by atoms with Gasteiger partial charge >= 0.3 is 0 Å². The van der Waals surface area contributed by atoms with Crippen LogP contribution in [0.2, 0.25) is 0 Å². The molecule has 0 saturated carbocycles. The summed E-state index contributed by atoms with van der Waals surface area (Å²) in [5, 5.41) is 0. The Bertz CT molecular complexity index is 112. The molecule has 0 radical (unpaired) electrons. The highest BCUT2D eigenvalue weighted by molar-refractivity contribution is 5.77.